The number of carbonyl (C=O) groups is 1. The van der Waals surface area contributed by atoms with Crippen molar-refractivity contribution >= 4 is 5.78 Å². The minimum atomic E-state index is -0.222. The lowest BCUT2D eigenvalue weighted by molar-refractivity contribution is -0.128. The summed E-state index contributed by atoms with van der Waals surface area (Å²) in [6.07, 6.45) is 3.77. The van der Waals surface area contributed by atoms with Crippen LogP contribution in [-0.4, -0.2) is 12.3 Å². The zero-order valence-electron chi connectivity index (χ0n) is 13.4. The van der Waals surface area contributed by atoms with Crippen molar-refractivity contribution in [2.24, 2.45) is 5.41 Å². The molecule has 2 fully saturated rings. The van der Waals surface area contributed by atoms with Crippen LogP contribution in [0.25, 0.3) is 0 Å². The van der Waals surface area contributed by atoms with Gasteiger partial charge in [0.05, 0.1) is 0 Å². The van der Waals surface area contributed by atoms with Gasteiger partial charge in [0.15, 0.2) is 0 Å². The molecule has 23 heavy (non-hydrogen) atoms. The van der Waals surface area contributed by atoms with E-state index >= 15 is 0 Å². The molecule has 0 radical (unpaired) electrons. The second-order valence-corrected chi connectivity index (χ2v) is 7.00. The molecule has 0 bridgehead atoms. The molecule has 1 heterocycles. The molecule has 3 atom stereocenters. The van der Waals surface area contributed by atoms with E-state index in [0.717, 1.165) is 25.8 Å². The predicted molar refractivity (Wildman–Crippen MR) is 92.3 cm³/mol. The summed E-state index contributed by atoms with van der Waals surface area (Å²) in [5, 5.41) is 3.65. The fourth-order valence-electron chi connectivity index (χ4n) is 4.61. The van der Waals surface area contributed by atoms with Gasteiger partial charge in [-0.05, 0) is 42.9 Å². The van der Waals surface area contributed by atoms with Gasteiger partial charge in [-0.2, -0.15) is 0 Å². The first-order valence-electron chi connectivity index (χ1n) is 8.66. The summed E-state index contributed by atoms with van der Waals surface area (Å²) < 4.78 is 0. The number of hydrogen-bond acceptors (Lipinski definition) is 2. The Morgan fingerprint density at radius 2 is 1.57 bits per heavy atom. The number of hydrogen-bond donors (Lipinski definition) is 1. The van der Waals surface area contributed by atoms with Gasteiger partial charge in [0.25, 0.3) is 0 Å². The fourth-order valence-corrected chi connectivity index (χ4v) is 4.61. The first-order chi connectivity index (χ1) is 11.3. The van der Waals surface area contributed by atoms with E-state index in [-0.39, 0.29) is 11.5 Å². The standard InChI is InChI=1S/C21H23NO/c23-19-14-18(16-8-3-1-4-9-16)15-21(19)12-7-13-22-20(21)17-10-5-2-6-11-17/h1-6,8-11,18,20,22H,7,12-15H2. The third kappa shape index (κ3) is 2.51. The third-order valence-electron chi connectivity index (χ3n) is 5.70. The molecule has 3 unspecified atom stereocenters. The molecule has 0 amide bonds. The van der Waals surface area contributed by atoms with Crippen LogP contribution in [0.3, 0.4) is 0 Å². The summed E-state index contributed by atoms with van der Waals surface area (Å²) in [6.45, 7) is 1.00. The Bertz CT molecular complexity index is 682. The van der Waals surface area contributed by atoms with Gasteiger partial charge in [-0.3, -0.25) is 4.79 Å². The van der Waals surface area contributed by atoms with Crippen LogP contribution >= 0.6 is 0 Å². The molecule has 4 rings (SSSR count). The number of carbonyl (C=O) groups excluding carboxylic acids is 1. The Kier molecular flexibility index (Phi) is 3.78. The van der Waals surface area contributed by atoms with Crippen LogP contribution in [0, 0.1) is 5.41 Å². The molecule has 1 aliphatic heterocycles. The molecule has 2 aromatic rings. The van der Waals surface area contributed by atoms with E-state index in [1.165, 1.54) is 11.1 Å². The molecule has 118 valence electrons. The highest BCUT2D eigenvalue weighted by atomic mass is 16.1. The Morgan fingerprint density at radius 1 is 0.913 bits per heavy atom. The average Bonchev–Trinajstić information content (AvgIpc) is 2.94. The van der Waals surface area contributed by atoms with E-state index in [2.05, 4.69) is 53.8 Å². The zero-order chi connectivity index (χ0) is 15.7. The lowest BCUT2D eigenvalue weighted by atomic mass is 9.69. The molecule has 1 saturated carbocycles. The molecule has 2 aromatic carbocycles. The van der Waals surface area contributed by atoms with Crippen molar-refractivity contribution in [2.45, 2.75) is 37.6 Å². The molecule has 2 aliphatic rings. The summed E-state index contributed by atoms with van der Waals surface area (Å²) in [7, 11) is 0. The number of rotatable bonds is 2. The van der Waals surface area contributed by atoms with Gasteiger partial charge in [-0.25, -0.2) is 0 Å². The van der Waals surface area contributed by atoms with E-state index in [4.69, 9.17) is 0 Å². The molecule has 0 aromatic heterocycles. The van der Waals surface area contributed by atoms with Crippen molar-refractivity contribution in [3.05, 3.63) is 71.8 Å². The summed E-state index contributed by atoms with van der Waals surface area (Å²) in [6, 6.07) is 21.2. The summed E-state index contributed by atoms with van der Waals surface area (Å²) in [4.78, 5) is 13.1. The molecule has 1 aliphatic carbocycles. The van der Waals surface area contributed by atoms with Crippen LogP contribution in [0.1, 0.15) is 48.8 Å². The van der Waals surface area contributed by atoms with Crippen molar-refractivity contribution in [2.75, 3.05) is 6.54 Å². The lowest BCUT2D eigenvalue weighted by Crippen LogP contribution is -2.45. The van der Waals surface area contributed by atoms with E-state index in [1.54, 1.807) is 0 Å². The van der Waals surface area contributed by atoms with Crippen LogP contribution < -0.4 is 5.32 Å². The van der Waals surface area contributed by atoms with Gasteiger partial charge in [0, 0.05) is 17.9 Å². The Morgan fingerprint density at radius 3 is 2.26 bits per heavy atom. The molecular weight excluding hydrogens is 282 g/mol. The largest absolute Gasteiger partial charge is 0.309 e. The van der Waals surface area contributed by atoms with E-state index in [9.17, 15) is 4.79 Å². The minimum Gasteiger partial charge on any atom is -0.309 e. The van der Waals surface area contributed by atoms with Crippen LogP contribution in [0.4, 0.5) is 0 Å². The number of ketones is 1. The van der Waals surface area contributed by atoms with Crippen molar-refractivity contribution < 1.29 is 4.79 Å². The molecular formula is C21H23NO. The second-order valence-electron chi connectivity index (χ2n) is 7.00. The molecule has 1 spiro atoms. The van der Waals surface area contributed by atoms with Crippen molar-refractivity contribution in [3.8, 4) is 0 Å². The summed E-state index contributed by atoms with van der Waals surface area (Å²) >= 11 is 0. The maximum absolute atomic E-state index is 13.1. The maximum Gasteiger partial charge on any atom is 0.141 e. The quantitative estimate of drug-likeness (QED) is 0.899. The summed E-state index contributed by atoms with van der Waals surface area (Å²) in [5.74, 6) is 0.821. The monoisotopic (exact) mass is 305 g/mol. The predicted octanol–water partition coefficient (Wildman–Crippen LogP) is 4.24. The van der Waals surface area contributed by atoms with E-state index in [1.807, 2.05) is 12.1 Å². The summed E-state index contributed by atoms with van der Waals surface area (Å²) in [5.41, 5.74) is 2.35. The van der Waals surface area contributed by atoms with Crippen LogP contribution in [0.15, 0.2) is 60.7 Å². The van der Waals surface area contributed by atoms with Crippen molar-refractivity contribution in [3.63, 3.8) is 0 Å². The minimum absolute atomic E-state index is 0.165. The third-order valence-corrected chi connectivity index (χ3v) is 5.70. The maximum atomic E-state index is 13.1. The highest BCUT2D eigenvalue weighted by molar-refractivity contribution is 5.89. The lowest BCUT2D eigenvalue weighted by Gasteiger charge is -2.41. The first kappa shape index (κ1) is 14.6. The first-order valence-corrected chi connectivity index (χ1v) is 8.66. The molecule has 2 nitrogen and oxygen atoms in total. The molecule has 1 saturated heterocycles. The normalized spacial score (nSPS) is 30.7. The van der Waals surface area contributed by atoms with Crippen molar-refractivity contribution in [1.29, 1.82) is 0 Å². The second kappa shape index (κ2) is 5.93. The van der Waals surface area contributed by atoms with E-state index < -0.39 is 0 Å². The van der Waals surface area contributed by atoms with Crippen LogP contribution in [0.5, 0.6) is 0 Å². The topological polar surface area (TPSA) is 29.1 Å². The highest BCUT2D eigenvalue weighted by Gasteiger charge is 2.53. The average molecular weight is 305 g/mol. The fraction of sp³-hybridized carbons (Fsp3) is 0.381. The Labute approximate surface area is 137 Å². The number of benzene rings is 2. The van der Waals surface area contributed by atoms with Gasteiger partial charge >= 0.3 is 0 Å². The van der Waals surface area contributed by atoms with Crippen LogP contribution in [0.2, 0.25) is 0 Å². The smallest absolute Gasteiger partial charge is 0.141 e. The van der Waals surface area contributed by atoms with Gasteiger partial charge in [0.2, 0.25) is 0 Å². The van der Waals surface area contributed by atoms with Crippen molar-refractivity contribution in [1.82, 2.24) is 5.32 Å². The number of Topliss-reactive ketones (excluding diaryl/α,β-unsaturated/α-hetero) is 1. The molecule has 1 N–H and O–H groups in total. The number of nitrogens with one attached hydrogen (secondary N) is 1. The number of piperidine rings is 1. The SMILES string of the molecule is O=C1CC(c2ccccc2)CC12CCCNC2c1ccccc1. The highest BCUT2D eigenvalue weighted by Crippen LogP contribution is 2.54. The van der Waals surface area contributed by atoms with Gasteiger partial charge in [0.1, 0.15) is 5.78 Å². The zero-order valence-corrected chi connectivity index (χ0v) is 13.4. The molecule has 2 heteroatoms. The van der Waals surface area contributed by atoms with Gasteiger partial charge in [-0.15, -0.1) is 0 Å². The van der Waals surface area contributed by atoms with Crippen LogP contribution in [-0.2, 0) is 4.79 Å². The van der Waals surface area contributed by atoms with Gasteiger partial charge < -0.3 is 5.32 Å². The Balaban J connectivity index is 1.69. The van der Waals surface area contributed by atoms with Gasteiger partial charge in [-0.1, -0.05) is 60.7 Å². The van der Waals surface area contributed by atoms with E-state index in [0.29, 0.717) is 18.1 Å². The Hall–Kier alpha value is -1.93.